The lowest BCUT2D eigenvalue weighted by molar-refractivity contribution is 0.701. The van der Waals surface area contributed by atoms with Crippen LogP contribution >= 0.6 is 11.6 Å². The van der Waals surface area contributed by atoms with E-state index in [1.54, 1.807) is 0 Å². The Morgan fingerprint density at radius 2 is 2.31 bits per heavy atom. The second-order valence-corrected chi connectivity index (χ2v) is 4.10. The highest BCUT2D eigenvalue weighted by atomic mass is 35.5. The van der Waals surface area contributed by atoms with Crippen LogP contribution in [0.3, 0.4) is 0 Å². The summed E-state index contributed by atoms with van der Waals surface area (Å²) in [6, 6.07) is 3.73. The van der Waals surface area contributed by atoms with E-state index in [-0.39, 0.29) is 0 Å². The SMILES string of the molecule is CNCCCc1nc(Cl)c2ccc(N)cn12. The molecule has 0 radical (unpaired) electrons. The normalized spacial score (nSPS) is 11.1. The molecule has 5 heteroatoms. The number of nitrogens with zero attached hydrogens (tertiary/aromatic N) is 2. The number of hydrogen-bond acceptors (Lipinski definition) is 3. The third kappa shape index (κ3) is 2.13. The highest BCUT2D eigenvalue weighted by Crippen LogP contribution is 2.20. The van der Waals surface area contributed by atoms with E-state index in [4.69, 9.17) is 17.3 Å². The minimum absolute atomic E-state index is 0.541. The first-order valence-corrected chi connectivity index (χ1v) is 5.66. The Hall–Kier alpha value is -1.26. The van der Waals surface area contributed by atoms with Gasteiger partial charge in [0.25, 0.3) is 0 Å². The van der Waals surface area contributed by atoms with Crippen LogP contribution in [0.15, 0.2) is 18.3 Å². The van der Waals surface area contributed by atoms with Crippen LogP contribution in [0, 0.1) is 0 Å². The summed E-state index contributed by atoms with van der Waals surface area (Å²) in [6.07, 6.45) is 3.78. The molecule has 0 bridgehead atoms. The van der Waals surface area contributed by atoms with E-state index in [0.717, 1.165) is 36.4 Å². The van der Waals surface area contributed by atoms with E-state index >= 15 is 0 Å². The molecule has 3 N–H and O–H groups in total. The van der Waals surface area contributed by atoms with Gasteiger partial charge < -0.3 is 15.5 Å². The molecule has 0 aliphatic carbocycles. The largest absolute Gasteiger partial charge is 0.398 e. The summed E-state index contributed by atoms with van der Waals surface area (Å²) in [6.45, 7) is 0.967. The number of aryl methyl sites for hydroxylation is 1. The zero-order valence-corrected chi connectivity index (χ0v) is 9.96. The van der Waals surface area contributed by atoms with Crippen molar-refractivity contribution in [1.82, 2.24) is 14.7 Å². The molecule has 0 amide bonds. The van der Waals surface area contributed by atoms with Crippen molar-refractivity contribution >= 4 is 22.8 Å². The highest BCUT2D eigenvalue weighted by molar-refractivity contribution is 6.32. The van der Waals surface area contributed by atoms with E-state index in [0.29, 0.717) is 5.15 Å². The molecule has 0 aromatic carbocycles. The first kappa shape index (κ1) is 11.2. The number of halogens is 1. The molecular formula is C11H15ClN4. The van der Waals surface area contributed by atoms with Crippen molar-refractivity contribution in [1.29, 1.82) is 0 Å². The number of nitrogen functional groups attached to an aromatic ring is 1. The Morgan fingerprint density at radius 1 is 1.50 bits per heavy atom. The predicted octanol–water partition coefficient (Wildman–Crippen LogP) is 1.72. The first-order valence-electron chi connectivity index (χ1n) is 5.29. The van der Waals surface area contributed by atoms with Gasteiger partial charge in [-0.2, -0.15) is 0 Å². The molecule has 2 rings (SSSR count). The number of aromatic nitrogens is 2. The molecule has 0 unspecified atom stereocenters. The van der Waals surface area contributed by atoms with E-state index < -0.39 is 0 Å². The lowest BCUT2D eigenvalue weighted by atomic mass is 10.3. The van der Waals surface area contributed by atoms with Crippen LogP contribution in [0.5, 0.6) is 0 Å². The van der Waals surface area contributed by atoms with Crippen LogP contribution in [-0.4, -0.2) is 23.0 Å². The van der Waals surface area contributed by atoms with Gasteiger partial charge in [0.1, 0.15) is 5.82 Å². The molecule has 86 valence electrons. The van der Waals surface area contributed by atoms with Gasteiger partial charge in [-0.05, 0) is 32.1 Å². The highest BCUT2D eigenvalue weighted by Gasteiger charge is 2.08. The van der Waals surface area contributed by atoms with Gasteiger partial charge >= 0.3 is 0 Å². The van der Waals surface area contributed by atoms with Crippen molar-refractivity contribution in [3.63, 3.8) is 0 Å². The Bertz CT molecular complexity index is 492. The molecule has 2 heterocycles. The number of imidazole rings is 1. The Balaban J connectivity index is 2.33. The average molecular weight is 239 g/mol. The number of nitrogens with two attached hydrogens (primary N) is 1. The third-order valence-corrected chi connectivity index (χ3v) is 2.79. The number of fused-ring (bicyclic) bond motifs is 1. The summed E-state index contributed by atoms with van der Waals surface area (Å²) >= 11 is 6.05. The van der Waals surface area contributed by atoms with E-state index in [1.165, 1.54) is 0 Å². The van der Waals surface area contributed by atoms with Crippen molar-refractivity contribution in [2.45, 2.75) is 12.8 Å². The van der Waals surface area contributed by atoms with Crippen molar-refractivity contribution in [2.24, 2.45) is 0 Å². The number of hydrogen-bond donors (Lipinski definition) is 2. The van der Waals surface area contributed by atoms with Crippen LogP contribution < -0.4 is 11.1 Å². The Morgan fingerprint density at radius 3 is 3.06 bits per heavy atom. The van der Waals surface area contributed by atoms with E-state index in [2.05, 4.69) is 10.3 Å². The third-order valence-electron chi connectivity index (χ3n) is 2.52. The molecule has 16 heavy (non-hydrogen) atoms. The molecular weight excluding hydrogens is 224 g/mol. The summed E-state index contributed by atoms with van der Waals surface area (Å²) in [7, 11) is 1.94. The minimum Gasteiger partial charge on any atom is -0.398 e. The topological polar surface area (TPSA) is 55.3 Å². The molecule has 0 spiro atoms. The van der Waals surface area contributed by atoms with Gasteiger partial charge in [0.05, 0.1) is 5.52 Å². The standard InChI is InChI=1S/C11H15ClN4/c1-14-6-2-3-10-15-11(12)9-5-4-8(13)7-16(9)10/h4-5,7,14H,2-3,6,13H2,1H3. The maximum Gasteiger partial charge on any atom is 0.155 e. The smallest absolute Gasteiger partial charge is 0.155 e. The predicted molar refractivity (Wildman–Crippen MR) is 66.9 cm³/mol. The fraction of sp³-hybridized carbons (Fsp3) is 0.364. The summed E-state index contributed by atoms with van der Waals surface area (Å²) in [5, 5.41) is 3.65. The summed E-state index contributed by atoms with van der Waals surface area (Å²) in [5.74, 6) is 0.961. The van der Waals surface area contributed by atoms with Crippen molar-refractivity contribution in [3.8, 4) is 0 Å². The second kappa shape index (κ2) is 4.72. The fourth-order valence-corrected chi connectivity index (χ4v) is 1.97. The van der Waals surface area contributed by atoms with E-state index in [1.807, 2.05) is 29.8 Å². The van der Waals surface area contributed by atoms with Crippen molar-refractivity contribution < 1.29 is 0 Å². The van der Waals surface area contributed by atoms with Crippen LogP contribution in [0.1, 0.15) is 12.2 Å². The summed E-state index contributed by atoms with van der Waals surface area (Å²) in [5.41, 5.74) is 7.38. The quantitative estimate of drug-likeness (QED) is 0.798. The van der Waals surface area contributed by atoms with Gasteiger partial charge in [0.15, 0.2) is 5.15 Å². The number of rotatable bonds is 4. The second-order valence-electron chi connectivity index (χ2n) is 3.74. The molecule has 0 saturated carbocycles. The molecule has 0 fully saturated rings. The van der Waals surface area contributed by atoms with Gasteiger partial charge in [-0.3, -0.25) is 0 Å². The molecule has 0 aliphatic heterocycles. The van der Waals surface area contributed by atoms with Crippen LogP contribution in [0.25, 0.3) is 5.52 Å². The van der Waals surface area contributed by atoms with Gasteiger partial charge in [0, 0.05) is 18.3 Å². The summed E-state index contributed by atoms with van der Waals surface area (Å²) < 4.78 is 1.97. The maximum atomic E-state index is 6.05. The van der Waals surface area contributed by atoms with Gasteiger partial charge in [-0.25, -0.2) is 4.98 Å². The molecule has 0 aliphatic rings. The molecule has 0 atom stereocenters. The van der Waals surface area contributed by atoms with E-state index in [9.17, 15) is 0 Å². The monoisotopic (exact) mass is 238 g/mol. The number of anilines is 1. The van der Waals surface area contributed by atoms with Gasteiger partial charge in [-0.1, -0.05) is 11.6 Å². The average Bonchev–Trinajstić information content (AvgIpc) is 2.56. The Kier molecular flexibility index (Phi) is 3.31. The van der Waals surface area contributed by atoms with Crippen molar-refractivity contribution in [2.75, 3.05) is 19.3 Å². The molecule has 2 aromatic heterocycles. The fourth-order valence-electron chi connectivity index (χ4n) is 1.72. The minimum atomic E-state index is 0.541. The van der Waals surface area contributed by atoms with Crippen LogP contribution in [-0.2, 0) is 6.42 Å². The van der Waals surface area contributed by atoms with Crippen molar-refractivity contribution in [3.05, 3.63) is 29.3 Å². The van der Waals surface area contributed by atoms with Gasteiger partial charge in [0.2, 0.25) is 0 Å². The molecule has 0 saturated heterocycles. The maximum absolute atomic E-state index is 6.05. The lowest BCUT2D eigenvalue weighted by Gasteiger charge is -2.02. The lowest BCUT2D eigenvalue weighted by Crippen LogP contribution is -2.09. The molecule has 2 aromatic rings. The Labute approximate surface area is 99.4 Å². The summed E-state index contributed by atoms with van der Waals surface area (Å²) in [4.78, 5) is 4.35. The first-order chi connectivity index (χ1) is 7.72. The van der Waals surface area contributed by atoms with Gasteiger partial charge in [-0.15, -0.1) is 0 Å². The van der Waals surface area contributed by atoms with Crippen LogP contribution in [0.2, 0.25) is 5.15 Å². The van der Waals surface area contributed by atoms with Crippen LogP contribution in [0.4, 0.5) is 5.69 Å². The zero-order valence-electron chi connectivity index (χ0n) is 9.20. The molecule has 4 nitrogen and oxygen atoms in total. The number of nitrogens with one attached hydrogen (secondary N) is 1. The number of pyridine rings is 1. The zero-order chi connectivity index (χ0) is 11.5.